The van der Waals surface area contributed by atoms with Crippen molar-refractivity contribution in [3.63, 3.8) is 0 Å². The summed E-state index contributed by atoms with van der Waals surface area (Å²) in [5, 5.41) is 0. The summed E-state index contributed by atoms with van der Waals surface area (Å²) in [6.45, 7) is 3.46. The summed E-state index contributed by atoms with van der Waals surface area (Å²) in [7, 11) is -4.24. The second kappa shape index (κ2) is 4.79. The van der Waals surface area contributed by atoms with Gasteiger partial charge in [0.2, 0.25) is 5.44 Å². The summed E-state index contributed by atoms with van der Waals surface area (Å²) >= 11 is 0. The minimum Gasteiger partial charge on any atom is -0.392 e. The zero-order valence-electron chi connectivity index (χ0n) is 10.1. The Morgan fingerprint density at radius 2 is 2.33 bits per heavy atom. The number of hydrogen-bond acceptors (Lipinski definition) is 5. The Morgan fingerprint density at radius 3 is 2.94 bits per heavy atom. The van der Waals surface area contributed by atoms with Gasteiger partial charge in [-0.15, -0.1) is 0 Å². The van der Waals surface area contributed by atoms with Gasteiger partial charge in [-0.1, -0.05) is 6.92 Å². The van der Waals surface area contributed by atoms with E-state index < -0.39 is 15.6 Å². The van der Waals surface area contributed by atoms with Gasteiger partial charge < -0.3 is 9.73 Å². The lowest BCUT2D eigenvalue weighted by molar-refractivity contribution is -0.249. The van der Waals surface area contributed by atoms with E-state index in [2.05, 4.69) is 0 Å². The summed E-state index contributed by atoms with van der Waals surface area (Å²) in [6.07, 6.45) is 3.79. The van der Waals surface area contributed by atoms with Crippen molar-refractivity contribution in [2.75, 3.05) is 0 Å². The van der Waals surface area contributed by atoms with Crippen LogP contribution >= 0.6 is 0 Å². The van der Waals surface area contributed by atoms with Crippen LogP contribution in [0.1, 0.15) is 25.8 Å². The van der Waals surface area contributed by atoms with Gasteiger partial charge in [-0.05, 0) is 6.92 Å². The Labute approximate surface area is 105 Å². The highest BCUT2D eigenvalue weighted by Gasteiger charge is 2.26. The van der Waals surface area contributed by atoms with Crippen molar-refractivity contribution in [3.05, 3.63) is 18.0 Å². The average molecular weight is 277 g/mol. The van der Waals surface area contributed by atoms with E-state index in [9.17, 15) is 8.42 Å². The second-order valence-corrected chi connectivity index (χ2v) is 5.72. The van der Waals surface area contributed by atoms with Crippen LogP contribution in [0.4, 0.5) is 0 Å². The average Bonchev–Trinajstić information content (AvgIpc) is 2.65. The van der Waals surface area contributed by atoms with Crippen molar-refractivity contribution in [1.82, 2.24) is 4.73 Å². The van der Waals surface area contributed by atoms with Gasteiger partial charge in [-0.25, -0.2) is 0 Å². The van der Waals surface area contributed by atoms with E-state index in [1.807, 2.05) is 6.92 Å². The number of aromatic nitrogens is 1. The van der Waals surface area contributed by atoms with Gasteiger partial charge in [0, 0.05) is 18.4 Å². The molecule has 0 amide bonds. The predicted molar refractivity (Wildman–Crippen MR) is 61.5 cm³/mol. The molecule has 2 atom stereocenters. The Balaban J connectivity index is 2.16. The maximum absolute atomic E-state index is 11.0. The van der Waals surface area contributed by atoms with Crippen LogP contribution in [0.15, 0.2) is 12.4 Å². The van der Waals surface area contributed by atoms with Crippen molar-refractivity contribution in [1.29, 1.82) is 0 Å². The third kappa shape index (κ3) is 2.77. The molecule has 0 aromatic carbocycles. The molecule has 0 fully saturated rings. The summed E-state index contributed by atoms with van der Waals surface area (Å²) in [6, 6.07) is 0. The molecule has 0 saturated carbocycles. The molecular formula is C10H15NO6S. The van der Waals surface area contributed by atoms with Crippen LogP contribution < -0.4 is 9.73 Å². The first-order valence-electron chi connectivity index (χ1n) is 5.57. The van der Waals surface area contributed by atoms with Crippen LogP contribution in [-0.4, -0.2) is 29.2 Å². The molecule has 0 saturated heterocycles. The van der Waals surface area contributed by atoms with Crippen LogP contribution in [0.5, 0.6) is 5.75 Å². The van der Waals surface area contributed by atoms with Gasteiger partial charge >= 0.3 is 10.1 Å². The van der Waals surface area contributed by atoms with Crippen LogP contribution in [0.3, 0.4) is 0 Å². The monoisotopic (exact) mass is 277 g/mol. The summed E-state index contributed by atoms with van der Waals surface area (Å²) in [5.74, 6) is 0.485. The number of rotatable bonds is 4. The SMILES string of the molecule is CCC(On1cc2c(c1)OOC(C)C2)S(=O)(=O)O. The van der Waals surface area contributed by atoms with E-state index in [1.54, 1.807) is 13.1 Å². The second-order valence-electron chi connectivity index (χ2n) is 4.16. The molecule has 1 aromatic rings. The van der Waals surface area contributed by atoms with E-state index in [-0.39, 0.29) is 12.5 Å². The van der Waals surface area contributed by atoms with Crippen LogP contribution in [-0.2, 0) is 21.4 Å². The van der Waals surface area contributed by atoms with Gasteiger partial charge in [0.1, 0.15) is 6.10 Å². The molecule has 0 bridgehead atoms. The maximum atomic E-state index is 11.0. The number of nitrogens with zero attached hydrogens (tertiary/aromatic N) is 1. The summed E-state index contributed by atoms with van der Waals surface area (Å²) in [5.41, 5.74) is -0.441. The Kier molecular flexibility index (Phi) is 3.51. The molecule has 0 aliphatic carbocycles. The van der Waals surface area contributed by atoms with Gasteiger partial charge in [0.15, 0.2) is 5.75 Å². The molecule has 0 spiro atoms. The Bertz CT molecular complexity index is 522. The molecule has 1 aromatic heterocycles. The van der Waals surface area contributed by atoms with Gasteiger partial charge in [-0.2, -0.15) is 18.0 Å². The summed E-state index contributed by atoms with van der Waals surface area (Å²) in [4.78, 5) is 15.1. The Morgan fingerprint density at radius 1 is 1.61 bits per heavy atom. The molecule has 8 heteroatoms. The first kappa shape index (κ1) is 13.2. The summed E-state index contributed by atoms with van der Waals surface area (Å²) < 4.78 is 32.2. The number of fused-ring (bicyclic) bond motifs is 1. The molecule has 1 aliphatic rings. The van der Waals surface area contributed by atoms with E-state index in [0.29, 0.717) is 12.2 Å². The molecule has 1 N–H and O–H groups in total. The molecule has 0 radical (unpaired) electrons. The minimum absolute atomic E-state index is 0.0723. The number of hydrogen-bond donors (Lipinski definition) is 1. The molecular weight excluding hydrogens is 262 g/mol. The molecule has 2 rings (SSSR count). The first-order valence-corrected chi connectivity index (χ1v) is 7.08. The van der Waals surface area contributed by atoms with E-state index in [1.165, 1.54) is 10.9 Å². The lowest BCUT2D eigenvalue weighted by Gasteiger charge is -2.16. The standard InChI is InChI=1S/C10H15NO6S/c1-3-10(18(12,13)14)15-11-5-8-4-7(2)16-17-9(8)6-11/h5-7,10H,3-4H2,1-2H3,(H,12,13,14). The molecule has 1 aliphatic heterocycles. The van der Waals surface area contributed by atoms with E-state index >= 15 is 0 Å². The van der Waals surface area contributed by atoms with Crippen molar-refractivity contribution in [2.24, 2.45) is 0 Å². The highest BCUT2D eigenvalue weighted by molar-refractivity contribution is 7.86. The third-order valence-corrected chi connectivity index (χ3v) is 3.64. The zero-order chi connectivity index (χ0) is 13.3. The van der Waals surface area contributed by atoms with Crippen LogP contribution in [0.25, 0.3) is 0 Å². The lowest BCUT2D eigenvalue weighted by Crippen LogP contribution is -2.31. The van der Waals surface area contributed by atoms with Crippen molar-refractivity contribution < 1.29 is 27.6 Å². The lowest BCUT2D eigenvalue weighted by atomic mass is 10.1. The minimum atomic E-state index is -4.24. The first-order chi connectivity index (χ1) is 8.40. The predicted octanol–water partition coefficient (Wildman–Crippen LogP) is 0.796. The molecule has 102 valence electrons. The molecule has 2 unspecified atom stereocenters. The maximum Gasteiger partial charge on any atom is 0.306 e. The van der Waals surface area contributed by atoms with Gasteiger partial charge in [0.25, 0.3) is 0 Å². The molecule has 7 nitrogen and oxygen atoms in total. The smallest absolute Gasteiger partial charge is 0.306 e. The third-order valence-electron chi connectivity index (χ3n) is 2.56. The van der Waals surface area contributed by atoms with Crippen LogP contribution in [0.2, 0.25) is 0 Å². The topological polar surface area (TPSA) is 87.0 Å². The largest absolute Gasteiger partial charge is 0.392 e. The fourth-order valence-electron chi connectivity index (χ4n) is 1.70. The van der Waals surface area contributed by atoms with Gasteiger partial charge in [0.05, 0.1) is 12.4 Å². The van der Waals surface area contributed by atoms with Crippen LogP contribution in [0, 0.1) is 0 Å². The quantitative estimate of drug-likeness (QED) is 0.647. The van der Waals surface area contributed by atoms with E-state index in [0.717, 1.165) is 5.56 Å². The highest BCUT2D eigenvalue weighted by Crippen LogP contribution is 2.26. The van der Waals surface area contributed by atoms with Gasteiger partial charge in [-0.3, -0.25) is 4.55 Å². The molecule has 2 heterocycles. The normalized spacial score (nSPS) is 20.9. The van der Waals surface area contributed by atoms with E-state index in [4.69, 9.17) is 19.2 Å². The van der Waals surface area contributed by atoms with Crippen molar-refractivity contribution >= 4 is 10.1 Å². The molecule has 18 heavy (non-hydrogen) atoms. The fourth-order valence-corrected chi connectivity index (χ4v) is 2.32. The highest BCUT2D eigenvalue weighted by atomic mass is 32.2. The fraction of sp³-hybridized carbons (Fsp3) is 0.600. The van der Waals surface area contributed by atoms with Crippen molar-refractivity contribution in [3.8, 4) is 5.75 Å². The zero-order valence-corrected chi connectivity index (χ0v) is 10.9. The Hall–Kier alpha value is -1.25. The van der Waals surface area contributed by atoms with Crippen molar-refractivity contribution in [2.45, 2.75) is 38.2 Å².